The summed E-state index contributed by atoms with van der Waals surface area (Å²) in [6.07, 6.45) is 12.1. The first-order valence-corrected chi connectivity index (χ1v) is 23.4. The van der Waals surface area contributed by atoms with Crippen LogP contribution in [0.1, 0.15) is 70.2 Å². The maximum atomic E-state index is 5.86. The Balaban J connectivity index is 0.000000250. The molecule has 0 radical (unpaired) electrons. The predicted octanol–water partition coefficient (Wildman–Crippen LogP) is 16.3. The molecule has 1 aliphatic rings. The van der Waals surface area contributed by atoms with Gasteiger partial charge in [0.15, 0.2) is 0 Å². The quantitative estimate of drug-likeness (QED) is 0.146. The number of hydrogen-bond donors (Lipinski definition) is 0. The number of halogens is 4. The van der Waals surface area contributed by atoms with Crippen LogP contribution >= 0.6 is 48.0 Å². The molecular weight excluding hydrogens is 882 g/mol. The summed E-state index contributed by atoms with van der Waals surface area (Å²) in [5, 5.41) is 6.97. The minimum Gasteiger partial charge on any atom is -0.273 e. The van der Waals surface area contributed by atoms with Crippen LogP contribution in [0.5, 0.6) is 0 Å². The van der Waals surface area contributed by atoms with Gasteiger partial charge in [-0.1, -0.05) is 114 Å². The van der Waals surface area contributed by atoms with E-state index in [-0.39, 0.29) is 35.6 Å². The Morgan fingerprint density at radius 2 is 0.983 bits per heavy atom. The van der Waals surface area contributed by atoms with Crippen molar-refractivity contribution < 1.29 is 22.3 Å². The molecule has 0 aliphatic heterocycles. The first kappa shape index (κ1) is 48.1. The van der Waals surface area contributed by atoms with Crippen molar-refractivity contribution in [1.29, 1.82) is 0 Å². The van der Waals surface area contributed by atoms with E-state index in [1.807, 2.05) is 36.4 Å². The molecule has 0 atom stereocenters. The van der Waals surface area contributed by atoms with Crippen molar-refractivity contribution in [2.24, 2.45) is 0 Å². The van der Waals surface area contributed by atoms with E-state index in [1.54, 1.807) is 0 Å². The second-order valence-electron chi connectivity index (χ2n) is 16.6. The molecule has 0 bridgehead atoms. The average molecular weight is 936 g/mol. The molecule has 0 spiro atoms. The van der Waals surface area contributed by atoms with E-state index < -0.39 is 22.3 Å². The standard InChI is InChI=1S/C33H33.2C8H7Cl.C5H5.2ClH.Zr/c1-32(2,3)30-20-26-24(18-28(30)22-13-9-7-10-14-22)17-25-19-29(23-15-11-8-12-16-23)31(21-27(25)26)33(4,5)6;2*1-2-7-3-5-8(9)6-4-7;1-2-4-5-3-1;;;/h7-21H,1-6H3;2*1,3-6H,2H2;1-3H,4H2;2*1H;/q-1;;;-1;;;. The number of fused-ring (bicyclic) bond motifs is 3. The van der Waals surface area contributed by atoms with Crippen LogP contribution in [0.2, 0.25) is 10.0 Å². The van der Waals surface area contributed by atoms with Crippen LogP contribution < -0.4 is 0 Å². The van der Waals surface area contributed by atoms with E-state index in [9.17, 15) is 0 Å². The summed E-state index contributed by atoms with van der Waals surface area (Å²) in [5.74, 6) is 0. The normalized spacial score (nSPS) is 11.7. The predicted molar refractivity (Wildman–Crippen MR) is 264 cm³/mol. The Bertz CT molecular complexity index is 2350. The molecule has 8 rings (SSSR count). The largest absolute Gasteiger partial charge is 0.273 e. The summed E-state index contributed by atoms with van der Waals surface area (Å²) in [6.45, 7) is 13.9. The van der Waals surface area contributed by atoms with E-state index in [2.05, 4.69) is 176 Å². The Morgan fingerprint density at radius 1 is 0.576 bits per heavy atom. The van der Waals surface area contributed by atoms with E-state index >= 15 is 0 Å². The summed E-state index contributed by atoms with van der Waals surface area (Å²) in [7, 11) is 0. The topological polar surface area (TPSA) is 0 Å². The zero-order valence-corrected chi connectivity index (χ0v) is 40.5. The van der Waals surface area contributed by atoms with Gasteiger partial charge in [0.25, 0.3) is 0 Å². The number of rotatable bonds is 6. The van der Waals surface area contributed by atoms with Gasteiger partial charge in [-0.3, -0.25) is 6.08 Å². The molecule has 0 saturated carbocycles. The van der Waals surface area contributed by atoms with Crippen molar-refractivity contribution in [2.75, 3.05) is 0 Å². The molecule has 7 aromatic carbocycles. The van der Waals surface area contributed by atoms with Crippen LogP contribution in [-0.4, -0.2) is 7.42 Å². The van der Waals surface area contributed by atoms with Crippen LogP contribution in [0.4, 0.5) is 0 Å². The van der Waals surface area contributed by atoms with E-state index in [4.69, 9.17) is 23.2 Å². The first-order valence-electron chi connectivity index (χ1n) is 19.8. The fraction of sp³-hybridized carbons (Fsp3) is 0.204. The van der Waals surface area contributed by atoms with Crippen LogP contribution in [0.15, 0.2) is 158 Å². The Labute approximate surface area is 386 Å². The monoisotopic (exact) mass is 932 g/mol. The van der Waals surface area contributed by atoms with Crippen LogP contribution in [0.25, 0.3) is 43.8 Å². The van der Waals surface area contributed by atoms with E-state index in [0.717, 1.165) is 29.3 Å². The van der Waals surface area contributed by atoms with Gasteiger partial charge in [0, 0.05) is 0 Å². The molecule has 0 amide bonds. The molecule has 5 heteroatoms. The third-order valence-electron chi connectivity index (χ3n) is 10.1. The summed E-state index contributed by atoms with van der Waals surface area (Å²) in [6, 6.07) is 49.9. The fourth-order valence-corrected chi connectivity index (χ4v) is 9.48. The number of allylic oxidation sites excluding steroid dienone is 4. The fourth-order valence-electron chi connectivity index (χ4n) is 7.08. The van der Waals surface area contributed by atoms with Gasteiger partial charge in [-0.15, -0.1) is 71.0 Å². The molecule has 0 saturated heterocycles. The molecule has 0 N–H and O–H groups in total. The molecular formula is C54H54Cl4Zr-2. The van der Waals surface area contributed by atoms with Gasteiger partial charge in [-0.25, -0.2) is 12.2 Å². The Kier molecular flexibility index (Phi) is 18.2. The Hall–Kier alpha value is -3.55. The maximum Gasteiger partial charge on any atom is -0.109 e. The van der Waals surface area contributed by atoms with Gasteiger partial charge in [-0.05, 0) is 44.2 Å². The van der Waals surface area contributed by atoms with Crippen molar-refractivity contribution in [3.05, 3.63) is 196 Å². The third kappa shape index (κ3) is 13.5. The smallest absolute Gasteiger partial charge is 0.109 e. The molecule has 59 heavy (non-hydrogen) atoms. The maximum absolute atomic E-state index is 5.86. The summed E-state index contributed by atoms with van der Waals surface area (Å²) >= 11 is 11.2. The van der Waals surface area contributed by atoms with Crippen LogP contribution in [0.3, 0.4) is 0 Å². The molecule has 0 unspecified atom stereocenters. The SMILES string of the molecule is CC(C)(C)c1cc2c(cc1-c1ccccc1)[cH-]c1cc(-c3ccccc3)c(C(C)(C)C)cc12.Cl.Cl.Clc1ccc(C[CH]=[Zr]=[CH]Cc2ccc(Cl)cc2)cc1.[C-]1=CC=CC1. The van der Waals surface area contributed by atoms with Crippen LogP contribution in [0, 0.1) is 6.08 Å². The minimum absolute atomic E-state index is 0. The van der Waals surface area contributed by atoms with Gasteiger partial charge in [-0.2, -0.15) is 6.08 Å². The summed E-state index contributed by atoms with van der Waals surface area (Å²) in [5.41, 5.74) is 10.8. The van der Waals surface area contributed by atoms with Crippen molar-refractivity contribution >= 4 is 77.0 Å². The van der Waals surface area contributed by atoms with Gasteiger partial charge >= 0.3 is 135 Å². The van der Waals surface area contributed by atoms with Crippen molar-refractivity contribution in [3.63, 3.8) is 0 Å². The van der Waals surface area contributed by atoms with E-state index in [1.165, 1.54) is 66.1 Å². The zero-order valence-electron chi connectivity index (χ0n) is 34.9. The minimum atomic E-state index is -0.484. The Morgan fingerprint density at radius 3 is 1.31 bits per heavy atom. The zero-order chi connectivity index (χ0) is 40.4. The summed E-state index contributed by atoms with van der Waals surface area (Å²) in [4.78, 5) is 0. The summed E-state index contributed by atoms with van der Waals surface area (Å²) < 4.78 is 4.89. The van der Waals surface area contributed by atoms with Gasteiger partial charge in [0.2, 0.25) is 0 Å². The molecule has 7 aromatic rings. The third-order valence-corrected chi connectivity index (χ3v) is 12.8. The van der Waals surface area contributed by atoms with Gasteiger partial charge < -0.3 is 0 Å². The molecule has 0 nitrogen and oxygen atoms in total. The second kappa shape index (κ2) is 22.3. The first-order chi connectivity index (χ1) is 27.4. The van der Waals surface area contributed by atoms with Gasteiger partial charge in [0.05, 0.1) is 0 Å². The van der Waals surface area contributed by atoms with E-state index in [0.29, 0.717) is 0 Å². The van der Waals surface area contributed by atoms with Crippen molar-refractivity contribution in [1.82, 2.24) is 0 Å². The molecule has 304 valence electrons. The molecule has 0 fully saturated rings. The van der Waals surface area contributed by atoms with Crippen LogP contribution in [-0.2, 0) is 45.9 Å². The molecule has 0 aromatic heterocycles. The van der Waals surface area contributed by atoms with Crippen molar-refractivity contribution in [3.8, 4) is 22.3 Å². The van der Waals surface area contributed by atoms with Gasteiger partial charge in [0.1, 0.15) is 0 Å². The second-order valence-corrected chi connectivity index (χ2v) is 20.3. The number of benzene rings is 6. The molecule has 0 heterocycles. The molecule has 1 aliphatic carbocycles. The average Bonchev–Trinajstić information content (AvgIpc) is 3.91. The number of hydrogen-bond acceptors (Lipinski definition) is 0. The van der Waals surface area contributed by atoms with Crippen molar-refractivity contribution in [2.45, 2.75) is 71.6 Å².